The first-order valence-electron chi connectivity index (χ1n) is 9.28. The zero-order valence-corrected chi connectivity index (χ0v) is 17.9. The van der Waals surface area contributed by atoms with Crippen LogP contribution in [0.3, 0.4) is 0 Å². The Kier molecular flexibility index (Phi) is 8.07. The number of pyridine rings is 2. The van der Waals surface area contributed by atoms with Crippen LogP contribution in [-0.4, -0.2) is 34.2 Å². The molecule has 0 saturated carbocycles. The predicted octanol–water partition coefficient (Wildman–Crippen LogP) is 5.53. The quantitative estimate of drug-likeness (QED) is 0.323. The largest absolute Gasteiger partial charge is 0.261 e. The molecule has 27 heavy (non-hydrogen) atoms. The molecule has 0 unspecified atom stereocenters. The van der Waals surface area contributed by atoms with Gasteiger partial charge in [0.1, 0.15) is 0 Å². The summed E-state index contributed by atoms with van der Waals surface area (Å²) < 4.78 is 0. The van der Waals surface area contributed by atoms with Gasteiger partial charge in [-0.15, -0.1) is 11.8 Å². The smallest absolute Gasteiger partial charge is 0.0407 e. The van der Waals surface area contributed by atoms with E-state index in [1.807, 2.05) is 36.3 Å². The van der Waals surface area contributed by atoms with Crippen molar-refractivity contribution >= 4 is 29.6 Å². The van der Waals surface area contributed by atoms with Crippen LogP contribution in [0.15, 0.2) is 84.0 Å². The predicted molar refractivity (Wildman–Crippen MR) is 122 cm³/mol. The lowest BCUT2D eigenvalue weighted by atomic mass is 10.3. The van der Waals surface area contributed by atoms with Crippen LogP contribution in [0, 0.1) is 0 Å². The van der Waals surface area contributed by atoms with E-state index in [1.54, 1.807) is 0 Å². The molecule has 0 bridgehead atoms. The fraction of sp³-hybridized carbons (Fsp3) is 0.273. The summed E-state index contributed by atoms with van der Waals surface area (Å²) in [4.78, 5) is 10.3. The first-order chi connectivity index (χ1) is 13.2. The van der Waals surface area contributed by atoms with Crippen LogP contribution in [0.25, 0.3) is 0 Å². The van der Waals surface area contributed by atoms with Gasteiger partial charge in [0, 0.05) is 34.4 Å². The Morgan fingerprint density at radius 2 is 1.26 bits per heavy atom. The molecule has 0 atom stereocenters. The van der Waals surface area contributed by atoms with E-state index in [2.05, 4.69) is 64.6 Å². The number of nitrogens with zero attached hydrogens (tertiary/aromatic N) is 2. The van der Waals surface area contributed by atoms with Crippen LogP contribution in [0.4, 0.5) is 0 Å². The zero-order chi connectivity index (χ0) is 18.8. The highest BCUT2D eigenvalue weighted by molar-refractivity contribution is 8.15. The molecule has 3 aromatic rings. The molecule has 0 N–H and O–H groups in total. The molecule has 1 aromatic carbocycles. The average molecular weight is 413 g/mol. The molecular formula is C22H25N2PS2. The SMILES string of the molecule is S=P(CCSc1ccccc1)(CCc1ccccn1)CCc1ccccn1. The molecule has 0 radical (unpaired) electrons. The van der Waals surface area contributed by atoms with Crippen molar-refractivity contribution in [2.45, 2.75) is 17.7 Å². The highest BCUT2D eigenvalue weighted by Crippen LogP contribution is 2.47. The molecular weight excluding hydrogens is 387 g/mol. The average Bonchev–Trinajstić information content (AvgIpc) is 2.73. The maximum atomic E-state index is 6.26. The summed E-state index contributed by atoms with van der Waals surface area (Å²) in [5, 5.41) is 0. The molecule has 140 valence electrons. The van der Waals surface area contributed by atoms with Gasteiger partial charge in [0.05, 0.1) is 0 Å². The van der Waals surface area contributed by atoms with Crippen LogP contribution >= 0.6 is 17.8 Å². The van der Waals surface area contributed by atoms with Gasteiger partial charge in [-0.25, -0.2) is 0 Å². The van der Waals surface area contributed by atoms with E-state index in [-0.39, 0.29) is 0 Å². The number of aromatic nitrogens is 2. The highest BCUT2D eigenvalue weighted by atomic mass is 32.4. The van der Waals surface area contributed by atoms with Gasteiger partial charge in [0.15, 0.2) is 0 Å². The lowest BCUT2D eigenvalue weighted by Gasteiger charge is -2.22. The van der Waals surface area contributed by atoms with Crippen molar-refractivity contribution in [3.05, 3.63) is 90.5 Å². The van der Waals surface area contributed by atoms with E-state index in [9.17, 15) is 0 Å². The van der Waals surface area contributed by atoms with Gasteiger partial charge in [0.2, 0.25) is 0 Å². The summed E-state index contributed by atoms with van der Waals surface area (Å²) in [6.07, 6.45) is 9.01. The summed E-state index contributed by atoms with van der Waals surface area (Å²) >= 11 is 8.18. The first kappa shape index (κ1) is 20.3. The highest BCUT2D eigenvalue weighted by Gasteiger charge is 2.18. The standard InChI is InChI=1S/C22H25N2PS2/c26-25(16-12-20-8-4-6-14-23-20,17-13-21-9-5-7-15-24-21)18-19-27-22-10-2-1-3-11-22/h1-11,14-15H,12-13,16-19H2. The van der Waals surface area contributed by atoms with Gasteiger partial charge in [-0.05, 0) is 73.8 Å². The van der Waals surface area contributed by atoms with Crippen molar-refractivity contribution in [3.8, 4) is 0 Å². The second-order valence-corrected chi connectivity index (χ2v) is 13.5. The summed E-state index contributed by atoms with van der Waals surface area (Å²) in [5.41, 5.74) is 2.31. The van der Waals surface area contributed by atoms with E-state index >= 15 is 0 Å². The third-order valence-electron chi connectivity index (χ3n) is 4.51. The third-order valence-corrected chi connectivity index (χ3v) is 10.6. The minimum Gasteiger partial charge on any atom is -0.261 e. The van der Waals surface area contributed by atoms with Crippen molar-refractivity contribution in [2.24, 2.45) is 0 Å². The normalized spacial score (nSPS) is 11.4. The van der Waals surface area contributed by atoms with Crippen molar-refractivity contribution in [2.75, 3.05) is 24.2 Å². The zero-order valence-electron chi connectivity index (χ0n) is 15.4. The molecule has 2 aromatic heterocycles. The lowest BCUT2D eigenvalue weighted by molar-refractivity contribution is 1.01. The summed E-state index contributed by atoms with van der Waals surface area (Å²) in [5.74, 6) is 1.09. The maximum Gasteiger partial charge on any atom is 0.0407 e. The van der Waals surface area contributed by atoms with Crippen LogP contribution in [0.1, 0.15) is 11.4 Å². The maximum absolute atomic E-state index is 6.26. The fourth-order valence-corrected chi connectivity index (χ4v) is 8.35. The molecule has 0 aliphatic carbocycles. The number of hydrogen-bond donors (Lipinski definition) is 0. The van der Waals surface area contributed by atoms with Crippen molar-refractivity contribution in [1.82, 2.24) is 9.97 Å². The Morgan fingerprint density at radius 3 is 1.78 bits per heavy atom. The number of benzene rings is 1. The molecule has 0 fully saturated rings. The Hall–Kier alpha value is -1.48. The van der Waals surface area contributed by atoms with E-state index in [4.69, 9.17) is 11.8 Å². The van der Waals surface area contributed by atoms with Crippen molar-refractivity contribution < 1.29 is 0 Å². The van der Waals surface area contributed by atoms with Crippen LogP contribution in [0.2, 0.25) is 0 Å². The number of rotatable bonds is 10. The molecule has 3 rings (SSSR count). The van der Waals surface area contributed by atoms with Crippen LogP contribution < -0.4 is 0 Å². The first-order valence-corrected chi connectivity index (χ1v) is 13.6. The number of aryl methyl sites for hydroxylation is 2. The summed E-state index contributed by atoms with van der Waals surface area (Å²) in [6, 6.07) is 21.4. The minimum absolute atomic E-state index is 0.982. The lowest BCUT2D eigenvalue weighted by Crippen LogP contribution is -2.07. The van der Waals surface area contributed by atoms with Gasteiger partial charge in [-0.3, -0.25) is 9.97 Å². The second-order valence-electron chi connectivity index (χ2n) is 6.53. The minimum atomic E-state index is -1.45. The van der Waals surface area contributed by atoms with E-state index < -0.39 is 6.04 Å². The monoisotopic (exact) mass is 412 g/mol. The fourth-order valence-electron chi connectivity index (χ4n) is 2.91. The Morgan fingerprint density at radius 1 is 0.704 bits per heavy atom. The summed E-state index contributed by atoms with van der Waals surface area (Å²) in [6.45, 7) is 0. The third kappa shape index (κ3) is 7.21. The Balaban J connectivity index is 1.60. The summed E-state index contributed by atoms with van der Waals surface area (Å²) in [7, 11) is 0. The van der Waals surface area contributed by atoms with Gasteiger partial charge >= 0.3 is 0 Å². The molecule has 0 saturated heterocycles. The molecule has 2 nitrogen and oxygen atoms in total. The Bertz CT molecular complexity index is 794. The van der Waals surface area contributed by atoms with Gasteiger partial charge < -0.3 is 0 Å². The van der Waals surface area contributed by atoms with Gasteiger partial charge in [-0.2, -0.15) is 0 Å². The van der Waals surface area contributed by atoms with Crippen molar-refractivity contribution in [3.63, 3.8) is 0 Å². The van der Waals surface area contributed by atoms with Crippen molar-refractivity contribution in [1.29, 1.82) is 0 Å². The van der Waals surface area contributed by atoms with Crippen LogP contribution in [-0.2, 0) is 24.6 Å². The van der Waals surface area contributed by atoms with E-state index in [0.29, 0.717) is 0 Å². The Labute approximate surface area is 171 Å². The van der Waals surface area contributed by atoms with Gasteiger partial charge in [-0.1, -0.05) is 42.1 Å². The second kappa shape index (κ2) is 10.8. The van der Waals surface area contributed by atoms with Crippen LogP contribution in [0.5, 0.6) is 0 Å². The molecule has 0 aliphatic rings. The van der Waals surface area contributed by atoms with Gasteiger partial charge in [0.25, 0.3) is 0 Å². The topological polar surface area (TPSA) is 25.8 Å². The molecule has 2 heterocycles. The number of thioether (sulfide) groups is 1. The molecule has 0 amide bonds. The molecule has 5 heteroatoms. The van der Waals surface area contributed by atoms with E-state index in [0.717, 1.165) is 48.5 Å². The van der Waals surface area contributed by atoms with E-state index in [1.165, 1.54) is 4.90 Å². The number of hydrogen-bond acceptors (Lipinski definition) is 4. The molecule has 0 spiro atoms. The molecule has 0 aliphatic heterocycles.